The van der Waals surface area contributed by atoms with Gasteiger partial charge in [-0.2, -0.15) is 15.0 Å². The predicted molar refractivity (Wildman–Crippen MR) is 82.3 cm³/mol. The minimum absolute atomic E-state index is 0.166. The Morgan fingerprint density at radius 1 is 1.27 bits per heavy atom. The third-order valence-corrected chi connectivity index (χ3v) is 4.30. The van der Waals surface area contributed by atoms with E-state index in [2.05, 4.69) is 21.2 Å². The van der Waals surface area contributed by atoms with Gasteiger partial charge in [-0.1, -0.05) is 18.2 Å². The van der Waals surface area contributed by atoms with Crippen molar-refractivity contribution in [3.05, 3.63) is 48.4 Å². The average Bonchev–Trinajstić information content (AvgIpc) is 3.28. The van der Waals surface area contributed by atoms with Gasteiger partial charge >= 0.3 is 0 Å². The molecular formula is C16H17N5O. The maximum absolute atomic E-state index is 12.5. The normalized spacial score (nSPS) is 18.2. The maximum atomic E-state index is 12.5. The summed E-state index contributed by atoms with van der Waals surface area (Å²) in [6.07, 6.45) is 6.63. The van der Waals surface area contributed by atoms with E-state index in [1.807, 2.05) is 29.3 Å². The second-order valence-electron chi connectivity index (χ2n) is 5.67. The fourth-order valence-electron chi connectivity index (χ4n) is 3.12. The van der Waals surface area contributed by atoms with Crippen LogP contribution in [0.2, 0.25) is 0 Å². The molecule has 1 saturated heterocycles. The largest absolute Gasteiger partial charge is 0.361 e. The quantitative estimate of drug-likeness (QED) is 0.801. The molecule has 112 valence electrons. The first-order valence-corrected chi connectivity index (χ1v) is 7.50. The summed E-state index contributed by atoms with van der Waals surface area (Å²) in [5, 5.41) is 9.47. The van der Waals surface area contributed by atoms with Crippen molar-refractivity contribution in [1.82, 2.24) is 24.9 Å². The highest BCUT2D eigenvalue weighted by Crippen LogP contribution is 2.23. The molecule has 0 radical (unpaired) electrons. The highest BCUT2D eigenvalue weighted by atomic mass is 16.2. The van der Waals surface area contributed by atoms with Crippen LogP contribution in [0.25, 0.3) is 10.9 Å². The minimum atomic E-state index is 0.166. The Hall–Kier alpha value is -2.63. The van der Waals surface area contributed by atoms with E-state index in [9.17, 15) is 4.79 Å². The lowest BCUT2D eigenvalue weighted by Crippen LogP contribution is -2.30. The second-order valence-corrected chi connectivity index (χ2v) is 5.67. The van der Waals surface area contributed by atoms with Crippen molar-refractivity contribution in [2.45, 2.75) is 18.9 Å². The van der Waals surface area contributed by atoms with Crippen molar-refractivity contribution < 1.29 is 4.79 Å². The number of rotatable bonds is 3. The number of carbonyl (C=O) groups excluding carboxylic acids is 1. The number of aromatic amines is 1. The van der Waals surface area contributed by atoms with Crippen molar-refractivity contribution in [1.29, 1.82) is 0 Å². The summed E-state index contributed by atoms with van der Waals surface area (Å²) in [5.74, 6) is 0.166. The lowest BCUT2D eigenvalue weighted by atomic mass is 10.1. The van der Waals surface area contributed by atoms with Crippen LogP contribution in [0.4, 0.5) is 0 Å². The Bertz CT molecular complexity index is 792. The van der Waals surface area contributed by atoms with Crippen LogP contribution in [-0.4, -0.2) is 43.9 Å². The first-order valence-electron chi connectivity index (χ1n) is 7.50. The molecule has 1 N–H and O–H groups in total. The molecule has 1 amide bonds. The van der Waals surface area contributed by atoms with Gasteiger partial charge in [-0.25, -0.2) is 0 Å². The molecule has 1 fully saturated rings. The molecule has 1 atom stereocenters. The molecule has 0 spiro atoms. The van der Waals surface area contributed by atoms with E-state index >= 15 is 0 Å². The number of fused-ring (bicyclic) bond motifs is 1. The number of benzene rings is 1. The number of hydrogen-bond acceptors (Lipinski definition) is 3. The summed E-state index contributed by atoms with van der Waals surface area (Å²) in [6.45, 7) is 1.46. The zero-order chi connectivity index (χ0) is 14.9. The number of carbonyl (C=O) groups is 1. The predicted octanol–water partition coefficient (Wildman–Crippen LogP) is 1.78. The van der Waals surface area contributed by atoms with Crippen LogP contribution in [0.1, 0.15) is 18.0 Å². The smallest absolute Gasteiger partial charge is 0.227 e. The topological polar surface area (TPSA) is 66.8 Å². The Kier molecular flexibility index (Phi) is 3.14. The Morgan fingerprint density at radius 3 is 2.95 bits per heavy atom. The Labute approximate surface area is 127 Å². The molecule has 0 aliphatic carbocycles. The first-order chi connectivity index (χ1) is 10.8. The van der Waals surface area contributed by atoms with Crippen molar-refractivity contribution in [3.8, 4) is 0 Å². The summed E-state index contributed by atoms with van der Waals surface area (Å²) in [7, 11) is 0. The van der Waals surface area contributed by atoms with Crippen LogP contribution in [0.15, 0.2) is 42.9 Å². The summed E-state index contributed by atoms with van der Waals surface area (Å²) < 4.78 is 0. The van der Waals surface area contributed by atoms with Gasteiger partial charge in [0.1, 0.15) is 0 Å². The molecule has 6 heteroatoms. The number of likely N-dealkylation sites (tertiary alicyclic amines) is 1. The van der Waals surface area contributed by atoms with Gasteiger partial charge in [0.05, 0.1) is 24.9 Å². The molecule has 1 aromatic carbocycles. The van der Waals surface area contributed by atoms with E-state index in [1.165, 1.54) is 0 Å². The summed E-state index contributed by atoms with van der Waals surface area (Å²) in [5.41, 5.74) is 2.13. The number of nitrogens with one attached hydrogen (secondary N) is 1. The van der Waals surface area contributed by atoms with Gasteiger partial charge in [-0.15, -0.1) is 0 Å². The molecule has 1 aliphatic heterocycles. The molecule has 6 nitrogen and oxygen atoms in total. The highest BCUT2D eigenvalue weighted by Gasteiger charge is 2.28. The van der Waals surface area contributed by atoms with Crippen molar-refractivity contribution in [2.24, 2.45) is 0 Å². The van der Waals surface area contributed by atoms with E-state index in [4.69, 9.17) is 0 Å². The number of amides is 1. The van der Waals surface area contributed by atoms with E-state index < -0.39 is 0 Å². The number of aromatic nitrogens is 4. The fourth-order valence-corrected chi connectivity index (χ4v) is 3.12. The van der Waals surface area contributed by atoms with E-state index in [0.717, 1.165) is 29.4 Å². The molecule has 3 heterocycles. The third kappa shape index (κ3) is 2.26. The first kappa shape index (κ1) is 13.1. The molecule has 3 aromatic rings. The zero-order valence-electron chi connectivity index (χ0n) is 12.1. The van der Waals surface area contributed by atoms with E-state index in [1.54, 1.807) is 17.2 Å². The number of nitrogens with zero attached hydrogens (tertiary/aromatic N) is 4. The van der Waals surface area contributed by atoms with Gasteiger partial charge in [0.15, 0.2) is 0 Å². The maximum Gasteiger partial charge on any atom is 0.227 e. The van der Waals surface area contributed by atoms with Crippen LogP contribution < -0.4 is 0 Å². The van der Waals surface area contributed by atoms with Crippen LogP contribution in [0, 0.1) is 0 Å². The van der Waals surface area contributed by atoms with Crippen molar-refractivity contribution in [3.63, 3.8) is 0 Å². The second kappa shape index (κ2) is 5.29. The lowest BCUT2D eigenvalue weighted by Gasteiger charge is -2.16. The summed E-state index contributed by atoms with van der Waals surface area (Å²) in [4.78, 5) is 19.4. The van der Waals surface area contributed by atoms with Crippen LogP contribution in [0.5, 0.6) is 0 Å². The van der Waals surface area contributed by atoms with Gasteiger partial charge in [0.2, 0.25) is 5.91 Å². The van der Waals surface area contributed by atoms with Gasteiger partial charge in [0.25, 0.3) is 0 Å². The lowest BCUT2D eigenvalue weighted by molar-refractivity contribution is -0.129. The van der Waals surface area contributed by atoms with Crippen LogP contribution in [0.3, 0.4) is 0 Å². The molecular weight excluding hydrogens is 278 g/mol. The number of H-pyrrole nitrogens is 1. The minimum Gasteiger partial charge on any atom is -0.361 e. The van der Waals surface area contributed by atoms with Gasteiger partial charge in [-0.3, -0.25) is 4.79 Å². The fraction of sp³-hybridized carbons (Fsp3) is 0.312. The summed E-state index contributed by atoms with van der Waals surface area (Å²) in [6, 6.07) is 8.27. The Balaban J connectivity index is 1.47. The molecule has 0 saturated carbocycles. The van der Waals surface area contributed by atoms with Crippen molar-refractivity contribution >= 4 is 16.8 Å². The van der Waals surface area contributed by atoms with Crippen molar-refractivity contribution in [2.75, 3.05) is 13.1 Å². The molecule has 22 heavy (non-hydrogen) atoms. The van der Waals surface area contributed by atoms with E-state index in [-0.39, 0.29) is 11.9 Å². The van der Waals surface area contributed by atoms with Gasteiger partial charge in [0, 0.05) is 30.2 Å². The van der Waals surface area contributed by atoms with Gasteiger partial charge in [-0.05, 0) is 18.1 Å². The third-order valence-electron chi connectivity index (χ3n) is 4.30. The molecule has 2 aromatic heterocycles. The molecule has 0 bridgehead atoms. The highest BCUT2D eigenvalue weighted by molar-refractivity contribution is 5.88. The molecule has 4 rings (SSSR count). The SMILES string of the molecule is O=C(Cc1c[nH]c2ccccc12)N1CCC(n2nccn2)C1. The van der Waals surface area contributed by atoms with Gasteiger partial charge < -0.3 is 9.88 Å². The van der Waals surface area contributed by atoms with Crippen LogP contribution in [-0.2, 0) is 11.2 Å². The van der Waals surface area contributed by atoms with E-state index in [0.29, 0.717) is 13.0 Å². The molecule has 1 aliphatic rings. The standard InChI is InChI=1S/C16H17N5O/c22-16(9-12-10-17-15-4-2-1-3-14(12)15)20-8-5-13(11-20)21-18-6-7-19-21/h1-4,6-7,10,13,17H,5,8-9,11H2. The zero-order valence-corrected chi connectivity index (χ0v) is 12.1. The average molecular weight is 295 g/mol. The Morgan fingerprint density at radius 2 is 2.09 bits per heavy atom. The summed E-state index contributed by atoms with van der Waals surface area (Å²) >= 11 is 0. The van der Waals surface area contributed by atoms with Crippen LogP contribution >= 0.6 is 0 Å². The number of hydrogen-bond donors (Lipinski definition) is 1. The number of para-hydroxylation sites is 1. The molecule has 1 unspecified atom stereocenters. The monoisotopic (exact) mass is 295 g/mol.